The molecule has 9 nitrogen and oxygen atoms in total. The van der Waals surface area contributed by atoms with Crippen molar-refractivity contribution >= 4 is 23.4 Å². The van der Waals surface area contributed by atoms with Crippen LogP contribution in [-0.2, 0) is 35.5 Å². The molecule has 0 radical (unpaired) electrons. The van der Waals surface area contributed by atoms with Gasteiger partial charge in [-0.3, -0.25) is 24.6 Å². The van der Waals surface area contributed by atoms with Crippen LogP contribution in [0.15, 0.2) is 54.6 Å². The second kappa shape index (κ2) is 12.4. The summed E-state index contributed by atoms with van der Waals surface area (Å²) in [6.07, 6.45) is -4.20. The number of rotatable bonds is 7. The number of carbonyl (C=O) groups is 3. The summed E-state index contributed by atoms with van der Waals surface area (Å²) in [6.45, 7) is 2.07. The Hall–Kier alpha value is -4.96. The van der Waals surface area contributed by atoms with Gasteiger partial charge in [-0.15, -0.1) is 0 Å². The van der Waals surface area contributed by atoms with Gasteiger partial charge in [-0.05, 0) is 48.4 Å². The summed E-state index contributed by atoms with van der Waals surface area (Å²) in [5.74, 6) is -1.28. The van der Waals surface area contributed by atoms with E-state index in [0.29, 0.717) is 60.7 Å². The number of piperazine rings is 1. The number of hydrogen-bond donors (Lipinski definition) is 1. The third-order valence-corrected chi connectivity index (χ3v) is 8.59. The predicted octanol–water partition coefficient (Wildman–Crippen LogP) is 4.38. The maximum absolute atomic E-state index is 15.2. The number of hydrogen-bond acceptors (Lipinski definition) is 7. The fourth-order valence-electron chi connectivity index (χ4n) is 6.17. The summed E-state index contributed by atoms with van der Waals surface area (Å²) in [6, 6.07) is 14.4. The highest BCUT2D eigenvalue weighted by atomic mass is 19.4. The van der Waals surface area contributed by atoms with Crippen molar-refractivity contribution in [3.63, 3.8) is 0 Å². The first-order valence-corrected chi connectivity index (χ1v) is 14.8. The zero-order chi connectivity index (χ0) is 32.6. The molecule has 0 bridgehead atoms. The van der Waals surface area contributed by atoms with Gasteiger partial charge >= 0.3 is 6.18 Å². The number of nitrogens with zero attached hydrogens (tertiary/aromatic N) is 4. The zero-order valence-corrected chi connectivity index (χ0v) is 24.6. The SMILES string of the molecule is N#Cc1ccc(N2CCN(Cc3ccc(COc4cccc5c4CN([C@H]4CCC(=O)NC4=O)C5=O)c(F)c3)CC2)c(C(F)(F)F)c1. The van der Waals surface area contributed by atoms with Gasteiger partial charge in [0.2, 0.25) is 11.8 Å². The predicted molar refractivity (Wildman–Crippen MR) is 157 cm³/mol. The number of ether oxygens (including phenoxy) is 1. The number of nitrogens with one attached hydrogen (secondary N) is 1. The van der Waals surface area contributed by atoms with E-state index >= 15 is 4.39 Å². The topological polar surface area (TPSA) is 106 Å². The van der Waals surface area contributed by atoms with Crippen LogP contribution >= 0.6 is 0 Å². The normalized spacial score (nSPS) is 18.8. The molecular formula is C33H29F4N5O4. The Bertz CT molecular complexity index is 1750. The fraction of sp³-hybridized carbons (Fsp3) is 0.333. The number of nitriles is 1. The van der Waals surface area contributed by atoms with Gasteiger partial charge in [0, 0.05) is 61.5 Å². The summed E-state index contributed by atoms with van der Waals surface area (Å²) in [7, 11) is 0. The highest BCUT2D eigenvalue weighted by Gasteiger charge is 2.40. The number of alkyl halides is 3. The van der Waals surface area contributed by atoms with E-state index in [2.05, 4.69) is 5.32 Å². The second-order valence-corrected chi connectivity index (χ2v) is 11.5. The Labute approximate surface area is 261 Å². The molecule has 3 heterocycles. The van der Waals surface area contributed by atoms with Crippen molar-refractivity contribution in [3.05, 3.63) is 93.8 Å². The van der Waals surface area contributed by atoms with Crippen LogP contribution in [0.1, 0.15) is 51.0 Å². The minimum absolute atomic E-state index is 0.0404. The summed E-state index contributed by atoms with van der Waals surface area (Å²) in [4.78, 5) is 42.1. The Balaban J connectivity index is 1.06. The first-order valence-electron chi connectivity index (χ1n) is 14.8. The molecule has 3 aromatic rings. The third-order valence-electron chi connectivity index (χ3n) is 8.59. The number of halogens is 4. The smallest absolute Gasteiger partial charge is 0.418 e. The average molecular weight is 636 g/mol. The molecule has 3 aliphatic heterocycles. The number of carbonyl (C=O) groups excluding carboxylic acids is 3. The van der Waals surface area contributed by atoms with Crippen LogP contribution in [0.2, 0.25) is 0 Å². The van der Waals surface area contributed by atoms with E-state index in [9.17, 15) is 27.6 Å². The minimum atomic E-state index is -4.59. The second-order valence-electron chi connectivity index (χ2n) is 11.5. The largest absolute Gasteiger partial charge is 0.488 e. The molecule has 2 fully saturated rings. The van der Waals surface area contributed by atoms with Crippen molar-refractivity contribution in [1.82, 2.24) is 15.1 Å². The van der Waals surface area contributed by atoms with Crippen LogP contribution in [0.5, 0.6) is 5.75 Å². The number of benzene rings is 3. The van der Waals surface area contributed by atoms with Crippen molar-refractivity contribution in [2.45, 2.75) is 44.8 Å². The van der Waals surface area contributed by atoms with Gasteiger partial charge in [-0.25, -0.2) is 4.39 Å². The minimum Gasteiger partial charge on any atom is -0.488 e. The van der Waals surface area contributed by atoms with Gasteiger partial charge in [0.15, 0.2) is 0 Å². The zero-order valence-electron chi connectivity index (χ0n) is 24.6. The molecule has 3 aromatic carbocycles. The molecule has 1 N–H and O–H groups in total. The highest BCUT2D eigenvalue weighted by molar-refractivity contribution is 6.05. The number of piperidine rings is 1. The van der Waals surface area contributed by atoms with E-state index in [1.165, 1.54) is 23.1 Å². The molecule has 0 unspecified atom stereocenters. The molecule has 0 saturated carbocycles. The van der Waals surface area contributed by atoms with E-state index < -0.39 is 29.5 Å². The van der Waals surface area contributed by atoms with Crippen LogP contribution in [0.4, 0.5) is 23.2 Å². The van der Waals surface area contributed by atoms with Crippen LogP contribution in [0.3, 0.4) is 0 Å². The molecule has 3 amide bonds. The van der Waals surface area contributed by atoms with E-state index in [0.717, 1.165) is 6.07 Å². The lowest BCUT2D eigenvalue weighted by molar-refractivity contribution is -0.138. The fourth-order valence-corrected chi connectivity index (χ4v) is 6.17. The molecule has 3 aliphatic rings. The van der Waals surface area contributed by atoms with Gasteiger partial charge in [0.05, 0.1) is 23.7 Å². The molecule has 0 spiro atoms. The molecule has 6 rings (SSSR count). The Morgan fingerprint density at radius 3 is 2.48 bits per heavy atom. The molecule has 0 aliphatic carbocycles. The Morgan fingerprint density at radius 2 is 1.78 bits per heavy atom. The number of anilines is 1. The van der Waals surface area contributed by atoms with E-state index in [1.54, 1.807) is 41.3 Å². The van der Waals surface area contributed by atoms with Gasteiger partial charge in [-0.2, -0.15) is 18.4 Å². The monoisotopic (exact) mass is 635 g/mol. The number of fused-ring (bicyclic) bond motifs is 1. The van der Waals surface area contributed by atoms with E-state index in [-0.39, 0.29) is 49.1 Å². The van der Waals surface area contributed by atoms with Gasteiger partial charge in [0.1, 0.15) is 24.2 Å². The third kappa shape index (κ3) is 6.25. The summed E-state index contributed by atoms with van der Waals surface area (Å²) >= 11 is 0. The first kappa shape index (κ1) is 31.0. The van der Waals surface area contributed by atoms with Crippen molar-refractivity contribution in [2.75, 3.05) is 31.1 Å². The summed E-state index contributed by atoms with van der Waals surface area (Å²) in [5, 5.41) is 11.3. The standard InChI is InChI=1S/C33H29F4N5O4/c34-26-15-21(17-40-10-12-41(13-11-40)27-7-5-20(16-38)14-25(27)33(35,36)37)4-6-22(26)19-46-29-3-1-2-23-24(29)18-42(32(23)45)28-8-9-30(43)39-31(28)44/h1-7,14-15,28H,8-13,17-19H2,(H,39,43,44)/t28-/m0/s1. The lowest BCUT2D eigenvalue weighted by Crippen LogP contribution is -2.52. The molecule has 2 saturated heterocycles. The Morgan fingerprint density at radius 1 is 1.00 bits per heavy atom. The van der Waals surface area contributed by atoms with Crippen molar-refractivity contribution in [1.29, 1.82) is 5.26 Å². The number of amides is 3. The maximum Gasteiger partial charge on any atom is 0.418 e. The Kier molecular flexibility index (Phi) is 8.39. The lowest BCUT2D eigenvalue weighted by atomic mass is 10.0. The average Bonchev–Trinajstić information content (AvgIpc) is 3.36. The van der Waals surface area contributed by atoms with Gasteiger partial charge in [0.25, 0.3) is 5.91 Å². The van der Waals surface area contributed by atoms with Crippen LogP contribution in [0.25, 0.3) is 0 Å². The number of imide groups is 1. The lowest BCUT2D eigenvalue weighted by Gasteiger charge is -2.37. The van der Waals surface area contributed by atoms with E-state index in [1.807, 2.05) is 4.90 Å². The van der Waals surface area contributed by atoms with Crippen LogP contribution < -0.4 is 15.0 Å². The molecular weight excluding hydrogens is 606 g/mol. The molecule has 13 heteroatoms. The maximum atomic E-state index is 15.2. The van der Waals surface area contributed by atoms with Gasteiger partial charge in [-0.1, -0.05) is 18.2 Å². The van der Waals surface area contributed by atoms with Crippen LogP contribution in [-0.4, -0.2) is 59.7 Å². The summed E-state index contributed by atoms with van der Waals surface area (Å²) < 4.78 is 62.1. The highest BCUT2D eigenvalue weighted by Crippen LogP contribution is 2.38. The molecule has 1 atom stereocenters. The van der Waals surface area contributed by atoms with Crippen molar-refractivity contribution < 1.29 is 36.7 Å². The van der Waals surface area contributed by atoms with E-state index in [4.69, 9.17) is 10.00 Å². The molecule has 0 aromatic heterocycles. The van der Waals surface area contributed by atoms with Crippen molar-refractivity contribution in [3.8, 4) is 11.8 Å². The van der Waals surface area contributed by atoms with Crippen LogP contribution in [0, 0.1) is 17.1 Å². The molecule has 46 heavy (non-hydrogen) atoms. The molecule has 238 valence electrons. The first-order chi connectivity index (χ1) is 22.0. The summed E-state index contributed by atoms with van der Waals surface area (Å²) in [5.41, 5.74) is 1.15. The van der Waals surface area contributed by atoms with Crippen molar-refractivity contribution in [2.24, 2.45) is 0 Å². The quantitative estimate of drug-likeness (QED) is 0.304. The van der Waals surface area contributed by atoms with Gasteiger partial charge < -0.3 is 14.5 Å².